The van der Waals surface area contributed by atoms with Crippen molar-refractivity contribution in [2.24, 2.45) is 11.7 Å². The van der Waals surface area contributed by atoms with Crippen LogP contribution in [0.3, 0.4) is 0 Å². The Bertz CT molecular complexity index is 319. The van der Waals surface area contributed by atoms with E-state index >= 15 is 0 Å². The molecule has 0 bridgehead atoms. The van der Waals surface area contributed by atoms with Gasteiger partial charge in [-0.2, -0.15) is 0 Å². The Labute approximate surface area is 111 Å². The Hall–Kier alpha value is -0.290. The summed E-state index contributed by atoms with van der Waals surface area (Å²) >= 11 is 3.41. The van der Waals surface area contributed by atoms with E-state index in [1.165, 1.54) is 0 Å². The van der Waals surface area contributed by atoms with Gasteiger partial charge in [0.1, 0.15) is 5.75 Å². The zero-order valence-electron chi connectivity index (χ0n) is 9.15. The lowest BCUT2D eigenvalue weighted by atomic mass is 9.99. The van der Waals surface area contributed by atoms with Crippen LogP contribution in [0.2, 0.25) is 0 Å². The standard InChI is InChI=1S/C11H16BrNO2.ClH/c1-15-11-3-2-10(12)5-9(11)4-8(6-13)7-14;/h2-3,5,8,14H,4,6-7,13H2,1H3;1H. The maximum Gasteiger partial charge on any atom is 0.122 e. The first-order valence-electron chi connectivity index (χ1n) is 4.84. The highest BCUT2D eigenvalue weighted by atomic mass is 79.9. The number of methoxy groups -OCH3 is 1. The number of hydrogen-bond acceptors (Lipinski definition) is 3. The number of halogens is 2. The van der Waals surface area contributed by atoms with Crippen molar-refractivity contribution in [2.45, 2.75) is 6.42 Å². The Morgan fingerprint density at radius 3 is 2.69 bits per heavy atom. The van der Waals surface area contributed by atoms with Crippen LogP contribution in [0, 0.1) is 5.92 Å². The average molecular weight is 311 g/mol. The first-order valence-corrected chi connectivity index (χ1v) is 5.64. The summed E-state index contributed by atoms with van der Waals surface area (Å²) in [5, 5.41) is 9.09. The second-order valence-electron chi connectivity index (χ2n) is 3.44. The Morgan fingerprint density at radius 1 is 1.50 bits per heavy atom. The lowest BCUT2D eigenvalue weighted by Crippen LogP contribution is -2.20. The van der Waals surface area contributed by atoms with Crippen LogP contribution >= 0.6 is 28.3 Å². The van der Waals surface area contributed by atoms with E-state index in [4.69, 9.17) is 15.6 Å². The van der Waals surface area contributed by atoms with E-state index in [1.54, 1.807) is 7.11 Å². The van der Waals surface area contributed by atoms with Crippen LogP contribution in [0.15, 0.2) is 22.7 Å². The monoisotopic (exact) mass is 309 g/mol. The second kappa shape index (κ2) is 7.90. The fourth-order valence-corrected chi connectivity index (χ4v) is 1.85. The fourth-order valence-electron chi connectivity index (χ4n) is 1.44. The molecule has 0 aliphatic carbocycles. The summed E-state index contributed by atoms with van der Waals surface area (Å²) in [4.78, 5) is 0. The fraction of sp³-hybridized carbons (Fsp3) is 0.455. The van der Waals surface area contributed by atoms with Crippen molar-refractivity contribution in [1.82, 2.24) is 0 Å². The molecule has 0 aromatic heterocycles. The molecule has 3 N–H and O–H groups in total. The minimum absolute atomic E-state index is 0. The molecular formula is C11H17BrClNO2. The van der Waals surface area contributed by atoms with E-state index < -0.39 is 0 Å². The highest BCUT2D eigenvalue weighted by molar-refractivity contribution is 9.10. The summed E-state index contributed by atoms with van der Waals surface area (Å²) in [6.07, 6.45) is 0.732. The van der Waals surface area contributed by atoms with Crippen LogP contribution in [0.25, 0.3) is 0 Å². The molecule has 0 aliphatic heterocycles. The molecule has 92 valence electrons. The second-order valence-corrected chi connectivity index (χ2v) is 4.36. The molecule has 3 nitrogen and oxygen atoms in total. The van der Waals surface area contributed by atoms with Crippen LogP contribution < -0.4 is 10.5 Å². The van der Waals surface area contributed by atoms with E-state index in [9.17, 15) is 0 Å². The van der Waals surface area contributed by atoms with Crippen LogP contribution in [0.5, 0.6) is 5.75 Å². The topological polar surface area (TPSA) is 55.5 Å². The number of benzene rings is 1. The molecule has 1 aromatic carbocycles. The number of nitrogens with two attached hydrogens (primary N) is 1. The van der Waals surface area contributed by atoms with E-state index in [0.29, 0.717) is 6.54 Å². The van der Waals surface area contributed by atoms with E-state index in [2.05, 4.69) is 15.9 Å². The molecule has 0 radical (unpaired) electrons. The smallest absolute Gasteiger partial charge is 0.122 e. The number of aliphatic hydroxyl groups excluding tert-OH is 1. The molecule has 5 heteroatoms. The minimum Gasteiger partial charge on any atom is -0.496 e. The van der Waals surface area contributed by atoms with Crippen LogP contribution in [0.4, 0.5) is 0 Å². The summed E-state index contributed by atoms with van der Waals surface area (Å²) in [5.74, 6) is 0.929. The largest absolute Gasteiger partial charge is 0.496 e. The average Bonchev–Trinajstić information content (AvgIpc) is 2.26. The van der Waals surface area contributed by atoms with Gasteiger partial charge in [0.15, 0.2) is 0 Å². The van der Waals surface area contributed by atoms with Gasteiger partial charge in [-0.25, -0.2) is 0 Å². The summed E-state index contributed by atoms with van der Waals surface area (Å²) < 4.78 is 6.25. The van der Waals surface area contributed by atoms with E-state index in [-0.39, 0.29) is 24.9 Å². The Kier molecular flexibility index (Phi) is 7.76. The molecule has 0 heterocycles. The highest BCUT2D eigenvalue weighted by Crippen LogP contribution is 2.25. The quantitative estimate of drug-likeness (QED) is 0.874. The van der Waals surface area contributed by atoms with Gasteiger partial charge in [0.05, 0.1) is 7.11 Å². The zero-order chi connectivity index (χ0) is 11.3. The van der Waals surface area contributed by atoms with Gasteiger partial charge in [-0.3, -0.25) is 0 Å². The van der Waals surface area contributed by atoms with Gasteiger partial charge in [-0.15, -0.1) is 12.4 Å². The lowest BCUT2D eigenvalue weighted by Gasteiger charge is -2.14. The minimum atomic E-state index is 0. The number of aliphatic hydroxyl groups is 1. The van der Waals surface area contributed by atoms with Crippen molar-refractivity contribution < 1.29 is 9.84 Å². The first kappa shape index (κ1) is 15.7. The number of hydrogen-bond donors (Lipinski definition) is 2. The molecule has 0 saturated heterocycles. The third kappa shape index (κ3) is 4.29. The van der Waals surface area contributed by atoms with Crippen LogP contribution in [-0.4, -0.2) is 25.4 Å². The van der Waals surface area contributed by atoms with Crippen molar-refractivity contribution in [3.8, 4) is 5.75 Å². The molecule has 0 fully saturated rings. The summed E-state index contributed by atoms with van der Waals surface area (Å²) in [6.45, 7) is 0.582. The molecule has 1 atom stereocenters. The zero-order valence-corrected chi connectivity index (χ0v) is 11.6. The highest BCUT2D eigenvalue weighted by Gasteiger charge is 2.10. The molecule has 16 heavy (non-hydrogen) atoms. The lowest BCUT2D eigenvalue weighted by molar-refractivity contribution is 0.229. The third-order valence-electron chi connectivity index (χ3n) is 2.34. The summed E-state index contributed by atoms with van der Waals surface area (Å²) in [7, 11) is 1.64. The van der Waals surface area contributed by atoms with Gasteiger partial charge in [-0.05, 0) is 42.6 Å². The Morgan fingerprint density at radius 2 is 2.19 bits per heavy atom. The normalized spacial score (nSPS) is 11.8. The summed E-state index contributed by atoms with van der Waals surface area (Å²) in [6, 6.07) is 5.83. The molecule has 0 saturated carbocycles. The third-order valence-corrected chi connectivity index (χ3v) is 2.84. The molecule has 0 aliphatic rings. The van der Waals surface area contributed by atoms with Gasteiger partial charge >= 0.3 is 0 Å². The predicted octanol–water partition coefficient (Wildman–Crippen LogP) is 1.99. The first-order chi connectivity index (χ1) is 7.21. The van der Waals surface area contributed by atoms with Gasteiger partial charge in [-0.1, -0.05) is 15.9 Å². The molecule has 0 spiro atoms. The van der Waals surface area contributed by atoms with Gasteiger partial charge < -0.3 is 15.6 Å². The van der Waals surface area contributed by atoms with Gasteiger partial charge in [0.25, 0.3) is 0 Å². The van der Waals surface area contributed by atoms with Crippen molar-refractivity contribution in [2.75, 3.05) is 20.3 Å². The van der Waals surface area contributed by atoms with Crippen molar-refractivity contribution in [3.63, 3.8) is 0 Å². The molecule has 1 unspecified atom stereocenters. The van der Waals surface area contributed by atoms with Gasteiger partial charge in [0.2, 0.25) is 0 Å². The molecule has 1 rings (SSSR count). The Balaban J connectivity index is 0.00000225. The molecule has 1 aromatic rings. The SMILES string of the molecule is COc1ccc(Br)cc1CC(CN)CO.Cl. The molecule has 0 amide bonds. The van der Waals surface area contributed by atoms with Gasteiger partial charge in [0, 0.05) is 11.1 Å². The summed E-state index contributed by atoms with van der Waals surface area (Å²) in [5.41, 5.74) is 6.61. The van der Waals surface area contributed by atoms with Crippen molar-refractivity contribution in [1.29, 1.82) is 0 Å². The van der Waals surface area contributed by atoms with E-state index in [0.717, 1.165) is 22.2 Å². The van der Waals surface area contributed by atoms with Crippen molar-refractivity contribution in [3.05, 3.63) is 28.2 Å². The van der Waals surface area contributed by atoms with Crippen LogP contribution in [-0.2, 0) is 6.42 Å². The maximum atomic E-state index is 9.09. The van der Waals surface area contributed by atoms with Crippen molar-refractivity contribution >= 4 is 28.3 Å². The van der Waals surface area contributed by atoms with E-state index in [1.807, 2.05) is 18.2 Å². The van der Waals surface area contributed by atoms with Crippen LogP contribution in [0.1, 0.15) is 5.56 Å². The number of ether oxygens (including phenoxy) is 1. The maximum absolute atomic E-state index is 9.09. The molecular weight excluding hydrogens is 293 g/mol. The predicted molar refractivity (Wildman–Crippen MR) is 71.3 cm³/mol. The number of rotatable bonds is 5.